The molecule has 0 aliphatic heterocycles. The second kappa shape index (κ2) is 6.16. The zero-order valence-electron chi connectivity index (χ0n) is 11.1. The van der Waals surface area contributed by atoms with Crippen molar-refractivity contribution in [2.45, 2.75) is 11.4 Å². The van der Waals surface area contributed by atoms with Crippen LogP contribution in [0.3, 0.4) is 0 Å². The Morgan fingerprint density at radius 3 is 2.67 bits per heavy atom. The molecule has 0 bridgehead atoms. The van der Waals surface area contributed by atoms with Gasteiger partial charge in [-0.2, -0.15) is 0 Å². The first-order chi connectivity index (χ1) is 9.79. The third kappa shape index (κ3) is 3.83. The van der Waals surface area contributed by atoms with Crippen molar-refractivity contribution in [3.63, 3.8) is 0 Å². The van der Waals surface area contributed by atoms with Crippen LogP contribution in [0.1, 0.15) is 15.9 Å². The fourth-order valence-electron chi connectivity index (χ4n) is 1.76. The Hall–Kier alpha value is -1.39. The lowest BCUT2D eigenvalue weighted by Gasteiger charge is -2.07. The van der Waals surface area contributed by atoms with E-state index < -0.39 is 16.0 Å². The number of aryl methyl sites for hydroxylation is 1. The maximum Gasteiger partial charge on any atom is 0.336 e. The van der Waals surface area contributed by atoms with Gasteiger partial charge in [-0.25, -0.2) is 17.9 Å². The number of carboxylic acids is 1. The number of aromatic carboxylic acids is 1. The van der Waals surface area contributed by atoms with Crippen molar-refractivity contribution in [3.05, 3.63) is 51.4 Å². The number of carboxylic acid groups (broad SMARTS) is 1. The quantitative estimate of drug-likeness (QED) is 0.723. The van der Waals surface area contributed by atoms with E-state index in [1.54, 1.807) is 12.3 Å². The molecule has 1 heterocycles. The molecule has 0 radical (unpaired) electrons. The Labute approximate surface area is 136 Å². The summed E-state index contributed by atoms with van der Waals surface area (Å²) < 4.78 is 29.1. The fraction of sp³-hybridized carbons (Fsp3) is 0.154. The Kier molecular flexibility index (Phi) is 4.69. The standard InChI is InChI=1S/C13H13IN2O4S/c1-16-5-4-9(8-16)7-15-21(19,20)10-2-3-12(14)11(6-10)13(17)18/h2-6,8,15H,7H2,1H3,(H,17,18). The lowest BCUT2D eigenvalue weighted by atomic mass is 10.2. The molecule has 2 N–H and O–H groups in total. The molecule has 0 aliphatic carbocycles. The number of carbonyl (C=O) groups is 1. The van der Waals surface area contributed by atoms with E-state index in [0.717, 1.165) is 11.6 Å². The van der Waals surface area contributed by atoms with Crippen molar-refractivity contribution in [1.29, 1.82) is 0 Å². The van der Waals surface area contributed by atoms with Crippen LogP contribution in [0.4, 0.5) is 0 Å². The van der Waals surface area contributed by atoms with Gasteiger partial charge in [0.15, 0.2) is 0 Å². The molecule has 1 aromatic heterocycles. The van der Waals surface area contributed by atoms with Gasteiger partial charge in [0.25, 0.3) is 0 Å². The molecule has 2 rings (SSSR count). The molecular weight excluding hydrogens is 407 g/mol. The maximum atomic E-state index is 12.2. The molecule has 0 unspecified atom stereocenters. The molecule has 6 nitrogen and oxygen atoms in total. The average molecular weight is 420 g/mol. The molecule has 112 valence electrons. The van der Waals surface area contributed by atoms with Crippen LogP contribution in [-0.2, 0) is 23.6 Å². The number of hydrogen-bond donors (Lipinski definition) is 2. The number of nitrogens with one attached hydrogen (secondary N) is 1. The van der Waals surface area contributed by atoms with E-state index in [-0.39, 0.29) is 17.0 Å². The summed E-state index contributed by atoms with van der Waals surface area (Å²) in [4.78, 5) is 11.0. The number of nitrogens with zero attached hydrogens (tertiary/aromatic N) is 1. The third-order valence-corrected chi connectivity index (χ3v) is 5.18. The Morgan fingerprint density at radius 2 is 2.10 bits per heavy atom. The van der Waals surface area contributed by atoms with E-state index in [9.17, 15) is 13.2 Å². The number of hydrogen-bond acceptors (Lipinski definition) is 3. The molecule has 21 heavy (non-hydrogen) atoms. The lowest BCUT2D eigenvalue weighted by molar-refractivity contribution is 0.0695. The topological polar surface area (TPSA) is 88.4 Å². The largest absolute Gasteiger partial charge is 0.478 e. The zero-order chi connectivity index (χ0) is 15.6. The van der Waals surface area contributed by atoms with E-state index >= 15 is 0 Å². The predicted octanol–water partition coefficient (Wildman–Crippen LogP) is 1.81. The molecular formula is C13H13IN2O4S. The van der Waals surface area contributed by atoms with Gasteiger partial charge in [0.1, 0.15) is 0 Å². The Balaban J connectivity index is 2.23. The molecule has 0 saturated carbocycles. The van der Waals surface area contributed by atoms with Crippen molar-refractivity contribution in [1.82, 2.24) is 9.29 Å². The number of sulfonamides is 1. The van der Waals surface area contributed by atoms with E-state index in [1.807, 2.05) is 40.4 Å². The summed E-state index contributed by atoms with van der Waals surface area (Å²) in [5.41, 5.74) is 0.795. The average Bonchev–Trinajstić information content (AvgIpc) is 2.82. The van der Waals surface area contributed by atoms with Crippen molar-refractivity contribution >= 4 is 38.6 Å². The van der Waals surface area contributed by atoms with Crippen LogP contribution in [0, 0.1) is 3.57 Å². The van der Waals surface area contributed by atoms with Crippen LogP contribution in [0.15, 0.2) is 41.6 Å². The summed E-state index contributed by atoms with van der Waals surface area (Å²) in [7, 11) is -1.90. The molecule has 0 aliphatic rings. The molecule has 1 aromatic carbocycles. The second-order valence-electron chi connectivity index (χ2n) is 4.46. The minimum Gasteiger partial charge on any atom is -0.478 e. The SMILES string of the molecule is Cn1ccc(CNS(=O)(=O)c2ccc(I)c(C(=O)O)c2)c1. The molecule has 2 aromatic rings. The van der Waals surface area contributed by atoms with Crippen LogP contribution in [0.5, 0.6) is 0 Å². The lowest BCUT2D eigenvalue weighted by Crippen LogP contribution is -2.23. The second-order valence-corrected chi connectivity index (χ2v) is 7.39. The minimum absolute atomic E-state index is 0.0295. The van der Waals surface area contributed by atoms with E-state index in [0.29, 0.717) is 3.57 Å². The molecule has 0 fully saturated rings. The first-order valence-corrected chi connectivity index (χ1v) is 8.49. The van der Waals surface area contributed by atoms with E-state index in [4.69, 9.17) is 5.11 Å². The predicted molar refractivity (Wildman–Crippen MR) is 85.6 cm³/mol. The minimum atomic E-state index is -3.75. The summed E-state index contributed by atoms with van der Waals surface area (Å²) in [6, 6.07) is 5.83. The summed E-state index contributed by atoms with van der Waals surface area (Å²) in [6.07, 6.45) is 3.62. The van der Waals surface area contributed by atoms with Crippen molar-refractivity contribution in [2.24, 2.45) is 7.05 Å². The van der Waals surface area contributed by atoms with Gasteiger partial charge in [-0.15, -0.1) is 0 Å². The highest BCUT2D eigenvalue weighted by atomic mass is 127. The van der Waals surface area contributed by atoms with Gasteiger partial charge >= 0.3 is 5.97 Å². The number of rotatable bonds is 5. The normalized spacial score (nSPS) is 11.5. The van der Waals surface area contributed by atoms with Crippen LogP contribution in [0.25, 0.3) is 0 Å². The highest BCUT2D eigenvalue weighted by Gasteiger charge is 2.18. The molecule has 8 heteroatoms. The van der Waals surface area contributed by atoms with Gasteiger partial charge in [0.2, 0.25) is 10.0 Å². The van der Waals surface area contributed by atoms with Gasteiger partial charge in [-0.05, 0) is 52.4 Å². The third-order valence-electron chi connectivity index (χ3n) is 2.84. The highest BCUT2D eigenvalue weighted by Crippen LogP contribution is 2.18. The van der Waals surface area contributed by atoms with Crippen LogP contribution >= 0.6 is 22.6 Å². The number of aromatic nitrogens is 1. The van der Waals surface area contributed by atoms with Crippen molar-refractivity contribution in [3.8, 4) is 0 Å². The van der Waals surface area contributed by atoms with E-state index in [2.05, 4.69) is 4.72 Å². The monoisotopic (exact) mass is 420 g/mol. The van der Waals surface area contributed by atoms with Gasteiger partial charge in [-0.3, -0.25) is 0 Å². The summed E-state index contributed by atoms with van der Waals surface area (Å²) in [6.45, 7) is 0.150. The van der Waals surface area contributed by atoms with Crippen LogP contribution in [0.2, 0.25) is 0 Å². The number of halogens is 1. The highest BCUT2D eigenvalue weighted by molar-refractivity contribution is 14.1. The van der Waals surface area contributed by atoms with Crippen LogP contribution in [-0.4, -0.2) is 24.1 Å². The van der Waals surface area contributed by atoms with E-state index in [1.165, 1.54) is 12.1 Å². The Morgan fingerprint density at radius 1 is 1.38 bits per heavy atom. The summed E-state index contributed by atoms with van der Waals surface area (Å²) in [5, 5.41) is 9.04. The summed E-state index contributed by atoms with van der Waals surface area (Å²) in [5.74, 6) is -1.15. The first-order valence-electron chi connectivity index (χ1n) is 5.93. The Bertz CT molecular complexity index is 783. The van der Waals surface area contributed by atoms with Crippen molar-refractivity contribution in [2.75, 3.05) is 0 Å². The molecule has 0 saturated heterocycles. The molecule has 0 amide bonds. The molecule has 0 spiro atoms. The van der Waals surface area contributed by atoms with Gasteiger partial charge < -0.3 is 9.67 Å². The van der Waals surface area contributed by atoms with Crippen LogP contribution < -0.4 is 4.72 Å². The van der Waals surface area contributed by atoms with Crippen molar-refractivity contribution < 1.29 is 18.3 Å². The zero-order valence-corrected chi connectivity index (χ0v) is 14.1. The van der Waals surface area contributed by atoms with Gasteiger partial charge in [0, 0.05) is 29.6 Å². The number of benzene rings is 1. The van der Waals surface area contributed by atoms with Gasteiger partial charge in [0.05, 0.1) is 10.5 Å². The first kappa shape index (κ1) is 16.0. The summed E-state index contributed by atoms with van der Waals surface area (Å²) >= 11 is 1.86. The van der Waals surface area contributed by atoms with Gasteiger partial charge in [-0.1, -0.05) is 0 Å². The maximum absolute atomic E-state index is 12.2. The smallest absolute Gasteiger partial charge is 0.336 e. The molecule has 0 atom stereocenters. The fourth-order valence-corrected chi connectivity index (χ4v) is 3.37.